The molecule has 0 N–H and O–H groups in total. The number of ether oxygens (including phenoxy) is 1. The molecule has 1 aromatic heterocycles. The Labute approximate surface area is 148 Å². The molecule has 2 aromatic rings. The molecule has 2 aliphatic rings. The van der Waals surface area contributed by atoms with E-state index in [1.807, 2.05) is 29.6 Å². The van der Waals surface area contributed by atoms with Gasteiger partial charge in [-0.3, -0.25) is 4.79 Å². The fourth-order valence-corrected chi connectivity index (χ4v) is 3.69. The summed E-state index contributed by atoms with van der Waals surface area (Å²) in [5.41, 5.74) is 1.93. The molecule has 132 valence electrons. The summed E-state index contributed by atoms with van der Waals surface area (Å²) < 4.78 is 7.51. The molecule has 0 saturated carbocycles. The van der Waals surface area contributed by atoms with Crippen LogP contribution in [-0.4, -0.2) is 59.8 Å². The minimum atomic E-state index is 0.123. The molecular weight excluding hydrogens is 316 g/mol. The molecule has 3 heterocycles. The summed E-state index contributed by atoms with van der Waals surface area (Å²) in [6.07, 6.45) is 7.74. The second-order valence-electron chi connectivity index (χ2n) is 6.70. The van der Waals surface area contributed by atoms with Crippen molar-refractivity contribution in [2.24, 2.45) is 0 Å². The lowest BCUT2D eigenvalue weighted by Crippen LogP contribution is -2.40. The van der Waals surface area contributed by atoms with Crippen molar-refractivity contribution < 1.29 is 9.53 Å². The number of anilines is 1. The first-order chi connectivity index (χ1) is 12.3. The summed E-state index contributed by atoms with van der Waals surface area (Å²) in [4.78, 5) is 21.3. The fourth-order valence-electron chi connectivity index (χ4n) is 3.69. The van der Waals surface area contributed by atoms with Gasteiger partial charge >= 0.3 is 0 Å². The SMILES string of the molecule is O=C(c1ccc(N2CCOCC2)cc1)N1CCC[C@@H](n2ccnc2)C1. The number of aromatic nitrogens is 2. The second kappa shape index (κ2) is 7.27. The Bertz CT molecular complexity index is 693. The largest absolute Gasteiger partial charge is 0.378 e. The van der Waals surface area contributed by atoms with Crippen molar-refractivity contribution >= 4 is 11.6 Å². The molecule has 0 aliphatic carbocycles. The van der Waals surface area contributed by atoms with Gasteiger partial charge in [0, 0.05) is 49.8 Å². The second-order valence-corrected chi connectivity index (χ2v) is 6.70. The number of nitrogens with zero attached hydrogens (tertiary/aromatic N) is 4. The molecule has 2 fully saturated rings. The third kappa shape index (κ3) is 3.54. The number of morpholine rings is 1. The minimum absolute atomic E-state index is 0.123. The van der Waals surface area contributed by atoms with E-state index in [2.05, 4.69) is 26.6 Å². The number of carbonyl (C=O) groups excluding carboxylic acids is 1. The Hall–Kier alpha value is -2.34. The van der Waals surface area contributed by atoms with Crippen LogP contribution < -0.4 is 4.90 Å². The highest BCUT2D eigenvalue weighted by Crippen LogP contribution is 2.23. The number of amides is 1. The topological polar surface area (TPSA) is 50.6 Å². The standard InChI is InChI=1S/C19H24N4O2/c24-19(22-8-1-2-18(14-22)23-9-7-20-15-23)16-3-5-17(6-4-16)21-10-12-25-13-11-21/h3-7,9,15,18H,1-2,8,10-14H2/t18-/m1/s1. The van der Waals surface area contributed by atoms with Gasteiger partial charge in [0.2, 0.25) is 0 Å². The van der Waals surface area contributed by atoms with Gasteiger partial charge in [0.1, 0.15) is 0 Å². The maximum absolute atomic E-state index is 12.9. The van der Waals surface area contributed by atoms with E-state index in [4.69, 9.17) is 4.74 Å². The Balaban J connectivity index is 1.43. The lowest BCUT2D eigenvalue weighted by atomic mass is 10.0. The molecule has 2 saturated heterocycles. The van der Waals surface area contributed by atoms with Crippen LogP contribution in [0.15, 0.2) is 43.0 Å². The van der Waals surface area contributed by atoms with Crippen molar-refractivity contribution in [3.63, 3.8) is 0 Å². The van der Waals surface area contributed by atoms with Gasteiger partial charge in [0.15, 0.2) is 0 Å². The minimum Gasteiger partial charge on any atom is -0.378 e. The van der Waals surface area contributed by atoms with Gasteiger partial charge in [-0.2, -0.15) is 0 Å². The van der Waals surface area contributed by atoms with Crippen LogP contribution in [0.25, 0.3) is 0 Å². The van der Waals surface area contributed by atoms with Crippen molar-refractivity contribution in [2.75, 3.05) is 44.3 Å². The Kier molecular flexibility index (Phi) is 4.70. The number of rotatable bonds is 3. The molecule has 0 unspecified atom stereocenters. The molecule has 1 aromatic carbocycles. The first-order valence-electron chi connectivity index (χ1n) is 9.01. The average Bonchev–Trinajstić information content (AvgIpc) is 3.23. The summed E-state index contributed by atoms with van der Waals surface area (Å²) in [7, 11) is 0. The van der Waals surface area contributed by atoms with Crippen LogP contribution in [-0.2, 0) is 4.74 Å². The van der Waals surface area contributed by atoms with Gasteiger partial charge in [0.05, 0.1) is 25.6 Å². The fraction of sp³-hybridized carbons (Fsp3) is 0.474. The molecule has 4 rings (SSSR count). The Morgan fingerprint density at radius 3 is 2.64 bits per heavy atom. The normalized spacial score (nSPS) is 21.4. The summed E-state index contributed by atoms with van der Waals surface area (Å²) in [6, 6.07) is 8.33. The van der Waals surface area contributed by atoms with Crippen molar-refractivity contribution in [2.45, 2.75) is 18.9 Å². The highest BCUT2D eigenvalue weighted by atomic mass is 16.5. The molecule has 0 spiro atoms. The number of carbonyl (C=O) groups is 1. The summed E-state index contributed by atoms with van der Waals surface area (Å²) >= 11 is 0. The number of benzene rings is 1. The lowest BCUT2D eigenvalue weighted by Gasteiger charge is -2.33. The molecule has 2 aliphatic heterocycles. The quantitative estimate of drug-likeness (QED) is 0.859. The van der Waals surface area contributed by atoms with Gasteiger partial charge in [-0.15, -0.1) is 0 Å². The zero-order valence-corrected chi connectivity index (χ0v) is 14.4. The zero-order chi connectivity index (χ0) is 17.1. The van der Waals surface area contributed by atoms with Gasteiger partial charge in [0.25, 0.3) is 5.91 Å². The number of likely N-dealkylation sites (tertiary alicyclic amines) is 1. The van der Waals surface area contributed by atoms with Crippen LogP contribution in [0.5, 0.6) is 0 Å². The van der Waals surface area contributed by atoms with Crippen LogP contribution in [0.2, 0.25) is 0 Å². The van der Waals surface area contributed by atoms with E-state index in [1.54, 1.807) is 6.20 Å². The van der Waals surface area contributed by atoms with E-state index in [-0.39, 0.29) is 5.91 Å². The highest BCUT2D eigenvalue weighted by molar-refractivity contribution is 5.94. The molecule has 6 heteroatoms. The number of hydrogen-bond acceptors (Lipinski definition) is 4. The van der Waals surface area contributed by atoms with Crippen LogP contribution in [0.4, 0.5) is 5.69 Å². The van der Waals surface area contributed by atoms with Gasteiger partial charge < -0.3 is 19.1 Å². The van der Waals surface area contributed by atoms with Crippen molar-refractivity contribution in [3.05, 3.63) is 48.5 Å². The Morgan fingerprint density at radius 1 is 1.12 bits per heavy atom. The third-order valence-corrected chi connectivity index (χ3v) is 5.12. The molecule has 0 radical (unpaired) electrons. The smallest absolute Gasteiger partial charge is 0.253 e. The van der Waals surface area contributed by atoms with Crippen LogP contribution in [0, 0.1) is 0 Å². The number of hydrogen-bond donors (Lipinski definition) is 0. The van der Waals surface area contributed by atoms with E-state index in [0.29, 0.717) is 6.04 Å². The molecule has 1 amide bonds. The maximum atomic E-state index is 12.9. The van der Waals surface area contributed by atoms with Crippen LogP contribution in [0.3, 0.4) is 0 Å². The van der Waals surface area contributed by atoms with Gasteiger partial charge in [-0.05, 0) is 37.1 Å². The number of piperidine rings is 1. The lowest BCUT2D eigenvalue weighted by molar-refractivity contribution is 0.0679. The third-order valence-electron chi connectivity index (χ3n) is 5.12. The number of imidazole rings is 1. The van der Waals surface area contributed by atoms with Crippen molar-refractivity contribution in [1.29, 1.82) is 0 Å². The average molecular weight is 340 g/mol. The predicted molar refractivity (Wildman–Crippen MR) is 95.9 cm³/mol. The van der Waals surface area contributed by atoms with E-state index < -0.39 is 0 Å². The highest BCUT2D eigenvalue weighted by Gasteiger charge is 2.25. The summed E-state index contributed by atoms with van der Waals surface area (Å²) in [6.45, 7) is 4.93. The predicted octanol–water partition coefficient (Wildman–Crippen LogP) is 2.20. The van der Waals surface area contributed by atoms with Crippen LogP contribution >= 0.6 is 0 Å². The van der Waals surface area contributed by atoms with E-state index in [0.717, 1.165) is 63.5 Å². The van der Waals surface area contributed by atoms with Gasteiger partial charge in [-0.1, -0.05) is 0 Å². The molecular formula is C19H24N4O2. The van der Waals surface area contributed by atoms with Crippen LogP contribution in [0.1, 0.15) is 29.2 Å². The van der Waals surface area contributed by atoms with E-state index >= 15 is 0 Å². The first-order valence-corrected chi connectivity index (χ1v) is 9.01. The Morgan fingerprint density at radius 2 is 1.92 bits per heavy atom. The monoisotopic (exact) mass is 340 g/mol. The van der Waals surface area contributed by atoms with E-state index in [9.17, 15) is 4.79 Å². The first kappa shape index (κ1) is 16.1. The zero-order valence-electron chi connectivity index (χ0n) is 14.4. The summed E-state index contributed by atoms with van der Waals surface area (Å²) in [5, 5.41) is 0. The maximum Gasteiger partial charge on any atom is 0.253 e. The molecule has 1 atom stereocenters. The van der Waals surface area contributed by atoms with Crippen molar-refractivity contribution in [1.82, 2.24) is 14.5 Å². The molecule has 0 bridgehead atoms. The summed E-state index contributed by atoms with van der Waals surface area (Å²) in [5.74, 6) is 0.123. The molecule has 25 heavy (non-hydrogen) atoms. The molecule has 6 nitrogen and oxygen atoms in total. The van der Waals surface area contributed by atoms with E-state index in [1.165, 1.54) is 0 Å². The van der Waals surface area contributed by atoms with Crippen molar-refractivity contribution in [3.8, 4) is 0 Å². The van der Waals surface area contributed by atoms with Gasteiger partial charge in [-0.25, -0.2) is 4.98 Å².